The number of nitrogens with zero attached hydrogens (tertiary/aromatic N) is 1. The van der Waals surface area contributed by atoms with Gasteiger partial charge in [-0.3, -0.25) is 9.59 Å². The van der Waals surface area contributed by atoms with Crippen LogP contribution in [0.4, 0.5) is 0 Å². The lowest BCUT2D eigenvalue weighted by Crippen LogP contribution is -2.57. The van der Waals surface area contributed by atoms with Gasteiger partial charge in [0.05, 0.1) is 34.9 Å². The van der Waals surface area contributed by atoms with E-state index in [4.69, 9.17) is 0 Å². The van der Waals surface area contributed by atoms with Gasteiger partial charge >= 0.3 is 0 Å². The number of carbonyl (C=O) groups excluding carboxylic acids is 2. The van der Waals surface area contributed by atoms with Crippen molar-refractivity contribution in [3.63, 3.8) is 0 Å². The second kappa shape index (κ2) is 14.8. The fourth-order valence-corrected chi connectivity index (χ4v) is 7.01. The number of allylic oxidation sites excluding steroid dienone is 2. The Hall–Kier alpha value is -3.02. The number of aromatic nitrogens is 2. The number of amides is 2. The molecule has 0 unspecified atom stereocenters. The van der Waals surface area contributed by atoms with E-state index in [1.807, 2.05) is 30.3 Å². The van der Waals surface area contributed by atoms with Crippen molar-refractivity contribution in [3.05, 3.63) is 66.3 Å². The number of imidazole rings is 1. The van der Waals surface area contributed by atoms with Crippen molar-refractivity contribution in [2.75, 3.05) is 5.75 Å². The lowest BCUT2D eigenvalue weighted by Gasteiger charge is -2.33. The molecule has 2 aliphatic rings. The summed E-state index contributed by atoms with van der Waals surface area (Å²) in [6.07, 6.45) is 10.3. The van der Waals surface area contributed by atoms with Crippen molar-refractivity contribution < 1.29 is 28.2 Å². The molecule has 1 heterocycles. The van der Waals surface area contributed by atoms with Gasteiger partial charge in [0, 0.05) is 18.3 Å². The summed E-state index contributed by atoms with van der Waals surface area (Å²) in [5.74, 6) is -2.12. The number of carbonyl (C=O) groups is 2. The van der Waals surface area contributed by atoms with Gasteiger partial charge in [-0.25, -0.2) is 13.4 Å². The molecule has 1 aromatic heterocycles. The molecule has 242 valence electrons. The number of benzene rings is 1. The minimum Gasteiger partial charge on any atom is -0.390 e. The summed E-state index contributed by atoms with van der Waals surface area (Å²) in [7, 11) is -3.67. The van der Waals surface area contributed by atoms with Gasteiger partial charge in [0.1, 0.15) is 12.1 Å². The fourth-order valence-electron chi connectivity index (χ4n) is 5.71. The summed E-state index contributed by atoms with van der Waals surface area (Å²) < 4.78 is 25.4. The lowest BCUT2D eigenvalue weighted by atomic mass is 9.85. The van der Waals surface area contributed by atoms with Gasteiger partial charge in [-0.1, -0.05) is 42.5 Å². The molecule has 2 aliphatic carbocycles. The van der Waals surface area contributed by atoms with E-state index in [9.17, 15) is 28.2 Å². The van der Waals surface area contributed by atoms with E-state index in [1.165, 1.54) is 6.33 Å². The largest absolute Gasteiger partial charge is 0.390 e. The quantitative estimate of drug-likeness (QED) is 0.190. The van der Waals surface area contributed by atoms with Crippen LogP contribution < -0.4 is 10.6 Å². The van der Waals surface area contributed by atoms with Crippen LogP contribution in [0.15, 0.2) is 55.0 Å². The number of rotatable bonds is 15. The Bertz CT molecular complexity index is 1350. The summed E-state index contributed by atoms with van der Waals surface area (Å²) in [5, 5.41) is 27.8. The predicted molar refractivity (Wildman–Crippen MR) is 169 cm³/mol. The number of nitrogens with one attached hydrogen (secondary N) is 3. The molecule has 0 aliphatic heterocycles. The number of aliphatic hydroxyl groups excluding tert-OH is 2. The van der Waals surface area contributed by atoms with E-state index in [2.05, 4.69) is 32.8 Å². The maximum Gasteiger partial charge on any atom is 0.243 e. The normalized spacial score (nSPS) is 20.7. The molecule has 2 aromatic rings. The van der Waals surface area contributed by atoms with Crippen LogP contribution in [-0.4, -0.2) is 75.2 Å². The highest BCUT2D eigenvalue weighted by atomic mass is 32.2. The lowest BCUT2D eigenvalue weighted by molar-refractivity contribution is -0.132. The maximum atomic E-state index is 13.9. The summed E-state index contributed by atoms with van der Waals surface area (Å²) in [6, 6.07) is 7.42. The van der Waals surface area contributed by atoms with Gasteiger partial charge in [0.2, 0.25) is 11.8 Å². The van der Waals surface area contributed by atoms with Crippen LogP contribution >= 0.6 is 0 Å². The Morgan fingerprint density at radius 3 is 2.34 bits per heavy atom. The molecule has 1 saturated carbocycles. The molecule has 11 heteroatoms. The van der Waals surface area contributed by atoms with E-state index in [-0.39, 0.29) is 30.4 Å². The van der Waals surface area contributed by atoms with Crippen LogP contribution in [0.3, 0.4) is 0 Å². The van der Waals surface area contributed by atoms with Crippen molar-refractivity contribution in [1.29, 1.82) is 0 Å². The third kappa shape index (κ3) is 9.49. The summed E-state index contributed by atoms with van der Waals surface area (Å²) >= 11 is 0. The monoisotopic (exact) mass is 628 g/mol. The second-order valence-corrected chi connectivity index (χ2v) is 16.2. The summed E-state index contributed by atoms with van der Waals surface area (Å²) in [6.45, 7) is 4.83. The van der Waals surface area contributed by atoms with Crippen LogP contribution in [0.5, 0.6) is 0 Å². The zero-order valence-electron chi connectivity index (χ0n) is 26.0. The van der Waals surface area contributed by atoms with Crippen molar-refractivity contribution in [2.45, 2.75) is 101 Å². The molecular weight excluding hydrogens is 580 g/mol. The number of aromatic amines is 1. The molecule has 0 radical (unpaired) electrons. The molecule has 0 bridgehead atoms. The predicted octanol–water partition coefficient (Wildman–Crippen LogP) is 2.87. The van der Waals surface area contributed by atoms with Crippen LogP contribution in [0, 0.1) is 17.8 Å². The summed E-state index contributed by atoms with van der Waals surface area (Å²) in [5.41, 5.74) is 1.42. The fraction of sp³-hybridized carbons (Fsp3) is 0.606. The molecule has 0 saturated heterocycles. The number of H-pyrrole nitrogens is 1. The Labute approximate surface area is 261 Å². The zero-order chi connectivity index (χ0) is 31.9. The molecule has 1 aromatic carbocycles. The van der Waals surface area contributed by atoms with E-state index in [0.717, 1.165) is 37.7 Å². The second-order valence-electron chi connectivity index (χ2n) is 13.4. The topological polar surface area (TPSA) is 161 Å². The smallest absolute Gasteiger partial charge is 0.243 e. The van der Waals surface area contributed by atoms with Crippen molar-refractivity contribution in [3.8, 4) is 0 Å². The average molecular weight is 629 g/mol. The van der Waals surface area contributed by atoms with Gasteiger partial charge in [-0.15, -0.1) is 0 Å². The van der Waals surface area contributed by atoms with Crippen LogP contribution in [0.2, 0.25) is 0 Å². The van der Waals surface area contributed by atoms with Gasteiger partial charge in [0.15, 0.2) is 9.84 Å². The molecule has 1 fully saturated rings. The molecule has 10 nitrogen and oxygen atoms in total. The molecule has 0 spiro atoms. The first-order chi connectivity index (χ1) is 20.8. The van der Waals surface area contributed by atoms with Crippen LogP contribution in [0.25, 0.3) is 0 Å². The maximum absolute atomic E-state index is 13.9. The Kier molecular flexibility index (Phi) is 11.4. The molecule has 4 rings (SSSR count). The third-order valence-corrected chi connectivity index (χ3v) is 11.5. The minimum absolute atomic E-state index is 0.0136. The van der Waals surface area contributed by atoms with Crippen molar-refractivity contribution in [2.24, 2.45) is 17.8 Å². The highest BCUT2D eigenvalue weighted by Gasteiger charge is 2.40. The minimum atomic E-state index is -3.67. The highest BCUT2D eigenvalue weighted by molar-refractivity contribution is 7.92. The van der Waals surface area contributed by atoms with E-state index < -0.39 is 56.6 Å². The molecule has 44 heavy (non-hydrogen) atoms. The van der Waals surface area contributed by atoms with E-state index in [1.54, 1.807) is 27.0 Å². The third-order valence-electron chi connectivity index (χ3n) is 8.82. The Morgan fingerprint density at radius 2 is 1.75 bits per heavy atom. The molecular formula is C33H48N4O6S. The number of sulfone groups is 1. The van der Waals surface area contributed by atoms with Crippen molar-refractivity contribution in [1.82, 2.24) is 20.6 Å². The Balaban J connectivity index is 1.56. The van der Waals surface area contributed by atoms with E-state index in [0.29, 0.717) is 12.1 Å². The standard InChI is InChI=1S/C33H48N4O6S/c1-33(2,3)44(42,43)20-25(16-22-10-6-4-7-11-22)31(40)37-28(18-26-19-34-21-35-26)32(41)36-27(17-23-12-8-5-9-13-23)30(39)29(38)24-14-15-24/h4-8,10-11,19,21,23-25,27-30,38-39H,9,12-18,20H2,1-3H3,(H,34,35)(H,36,41)(H,37,40)/t23-,25-,27+,28+,29+,30-/m1/s1. The van der Waals surface area contributed by atoms with Gasteiger partial charge in [-0.05, 0) is 83.1 Å². The Morgan fingerprint density at radius 1 is 1.02 bits per heavy atom. The first-order valence-corrected chi connectivity index (χ1v) is 17.3. The van der Waals surface area contributed by atoms with Gasteiger partial charge in [-0.2, -0.15) is 0 Å². The molecule has 5 N–H and O–H groups in total. The van der Waals surface area contributed by atoms with Gasteiger partial charge in [0.25, 0.3) is 0 Å². The van der Waals surface area contributed by atoms with Gasteiger partial charge < -0.3 is 25.8 Å². The zero-order valence-corrected chi connectivity index (χ0v) is 26.8. The van der Waals surface area contributed by atoms with Crippen LogP contribution in [-0.2, 0) is 32.3 Å². The van der Waals surface area contributed by atoms with Crippen LogP contribution in [0.1, 0.15) is 70.6 Å². The first-order valence-electron chi connectivity index (χ1n) is 15.7. The number of aliphatic hydroxyl groups is 2. The SMILES string of the molecule is CC(C)(C)S(=O)(=O)C[C@@H](Cc1ccccc1)C(=O)N[C@@H](Cc1cnc[nH]1)C(=O)N[C@@H](C[C@@H]1CC=CCC1)[C@@H](O)[C@@H](O)C1CC1. The molecule has 2 amide bonds. The number of hydrogen-bond donors (Lipinski definition) is 5. The number of hydrogen-bond acceptors (Lipinski definition) is 7. The van der Waals surface area contributed by atoms with Crippen molar-refractivity contribution >= 4 is 21.7 Å². The average Bonchev–Trinajstić information content (AvgIpc) is 3.71. The first kappa shape index (κ1) is 33.9. The summed E-state index contributed by atoms with van der Waals surface area (Å²) in [4.78, 5) is 34.8. The van der Waals surface area contributed by atoms with E-state index >= 15 is 0 Å². The molecule has 6 atom stereocenters. The highest BCUT2D eigenvalue weighted by Crippen LogP contribution is 2.35.